The SMILES string of the molecule is Cc1cc(Br)c(OCC2CC2)c(CCN)c1. The molecule has 0 radical (unpaired) electrons. The molecule has 1 saturated carbocycles. The zero-order chi connectivity index (χ0) is 11.5. The summed E-state index contributed by atoms with van der Waals surface area (Å²) in [6.45, 7) is 3.60. The average Bonchev–Trinajstić information content (AvgIpc) is 3.00. The Balaban J connectivity index is 2.16. The first-order valence-corrected chi connectivity index (χ1v) is 6.62. The molecule has 0 unspecified atom stereocenters. The predicted molar refractivity (Wildman–Crippen MR) is 69.9 cm³/mol. The van der Waals surface area contributed by atoms with Crippen molar-refractivity contribution in [2.24, 2.45) is 11.7 Å². The van der Waals surface area contributed by atoms with Gasteiger partial charge in [-0.15, -0.1) is 0 Å². The molecule has 2 nitrogen and oxygen atoms in total. The molecule has 0 atom stereocenters. The Hall–Kier alpha value is -0.540. The number of hydrogen-bond acceptors (Lipinski definition) is 2. The summed E-state index contributed by atoms with van der Waals surface area (Å²) in [5.41, 5.74) is 8.09. The van der Waals surface area contributed by atoms with Crippen LogP contribution in [0, 0.1) is 12.8 Å². The maximum Gasteiger partial charge on any atom is 0.136 e. The maximum absolute atomic E-state index is 5.90. The number of halogens is 1. The lowest BCUT2D eigenvalue weighted by atomic mass is 10.1. The topological polar surface area (TPSA) is 35.2 Å². The Bertz CT molecular complexity index is 374. The van der Waals surface area contributed by atoms with E-state index < -0.39 is 0 Å². The van der Waals surface area contributed by atoms with Crippen molar-refractivity contribution in [1.82, 2.24) is 0 Å². The minimum Gasteiger partial charge on any atom is -0.492 e. The molecule has 0 saturated heterocycles. The van der Waals surface area contributed by atoms with Crippen LogP contribution in [0.4, 0.5) is 0 Å². The third-order valence-corrected chi connectivity index (χ3v) is 3.43. The molecule has 0 aliphatic heterocycles. The van der Waals surface area contributed by atoms with E-state index in [1.54, 1.807) is 0 Å². The zero-order valence-corrected chi connectivity index (χ0v) is 11.2. The van der Waals surface area contributed by atoms with Crippen LogP contribution in [0.15, 0.2) is 16.6 Å². The molecule has 3 heteroatoms. The lowest BCUT2D eigenvalue weighted by Crippen LogP contribution is -2.07. The van der Waals surface area contributed by atoms with E-state index in [4.69, 9.17) is 10.5 Å². The van der Waals surface area contributed by atoms with Gasteiger partial charge in [0.05, 0.1) is 11.1 Å². The fraction of sp³-hybridized carbons (Fsp3) is 0.538. The van der Waals surface area contributed by atoms with Gasteiger partial charge in [0, 0.05) is 0 Å². The van der Waals surface area contributed by atoms with Crippen LogP contribution in [0.1, 0.15) is 24.0 Å². The molecule has 0 aromatic heterocycles. The molecule has 0 spiro atoms. The molecular formula is C13H18BrNO. The van der Waals surface area contributed by atoms with Crippen molar-refractivity contribution >= 4 is 15.9 Å². The van der Waals surface area contributed by atoms with E-state index in [0.717, 1.165) is 29.2 Å². The summed E-state index contributed by atoms with van der Waals surface area (Å²) >= 11 is 3.57. The highest BCUT2D eigenvalue weighted by atomic mass is 79.9. The maximum atomic E-state index is 5.90. The molecule has 2 rings (SSSR count). The van der Waals surface area contributed by atoms with Gasteiger partial charge in [0.1, 0.15) is 5.75 Å². The van der Waals surface area contributed by atoms with Gasteiger partial charge in [0.2, 0.25) is 0 Å². The summed E-state index contributed by atoms with van der Waals surface area (Å²) in [5.74, 6) is 1.77. The molecule has 1 aliphatic carbocycles. The van der Waals surface area contributed by atoms with Crippen molar-refractivity contribution in [3.8, 4) is 5.75 Å². The number of nitrogens with two attached hydrogens (primary N) is 1. The molecule has 88 valence electrons. The summed E-state index contributed by atoms with van der Waals surface area (Å²) in [5, 5.41) is 0. The lowest BCUT2D eigenvalue weighted by molar-refractivity contribution is 0.295. The summed E-state index contributed by atoms with van der Waals surface area (Å²) in [6, 6.07) is 4.27. The minimum absolute atomic E-state index is 0.662. The number of ether oxygens (including phenoxy) is 1. The molecule has 0 amide bonds. The van der Waals surface area contributed by atoms with Crippen molar-refractivity contribution in [2.75, 3.05) is 13.2 Å². The van der Waals surface area contributed by atoms with Crippen LogP contribution in [-0.4, -0.2) is 13.2 Å². The quantitative estimate of drug-likeness (QED) is 0.902. The molecule has 1 fully saturated rings. The number of aryl methyl sites for hydroxylation is 1. The van der Waals surface area contributed by atoms with E-state index in [9.17, 15) is 0 Å². The van der Waals surface area contributed by atoms with Crippen LogP contribution in [0.25, 0.3) is 0 Å². The largest absolute Gasteiger partial charge is 0.492 e. The van der Waals surface area contributed by atoms with Gasteiger partial charge in [0.15, 0.2) is 0 Å². The third kappa shape index (κ3) is 2.98. The van der Waals surface area contributed by atoms with E-state index in [1.165, 1.54) is 24.0 Å². The van der Waals surface area contributed by atoms with Crippen LogP contribution < -0.4 is 10.5 Å². The van der Waals surface area contributed by atoms with Crippen LogP contribution in [0.2, 0.25) is 0 Å². The van der Waals surface area contributed by atoms with E-state index in [-0.39, 0.29) is 0 Å². The standard InChI is InChI=1S/C13H18BrNO/c1-9-6-11(4-5-15)13(12(14)7-9)16-8-10-2-3-10/h6-7,10H,2-5,8,15H2,1H3. The van der Waals surface area contributed by atoms with E-state index in [2.05, 4.69) is 35.0 Å². The average molecular weight is 284 g/mol. The monoisotopic (exact) mass is 283 g/mol. The van der Waals surface area contributed by atoms with Gasteiger partial charge in [-0.1, -0.05) is 6.07 Å². The molecule has 0 heterocycles. The Morgan fingerprint density at radius 2 is 2.19 bits per heavy atom. The first kappa shape index (κ1) is 11.9. The first-order valence-electron chi connectivity index (χ1n) is 5.82. The normalized spacial score (nSPS) is 15.2. The Morgan fingerprint density at radius 1 is 1.44 bits per heavy atom. The molecule has 1 aromatic rings. The summed E-state index contributed by atoms with van der Waals surface area (Å²) in [4.78, 5) is 0. The van der Waals surface area contributed by atoms with Gasteiger partial charge in [-0.05, 0) is 71.8 Å². The number of benzene rings is 1. The number of rotatable bonds is 5. The predicted octanol–water partition coefficient (Wildman–Crippen LogP) is 3.05. The molecule has 1 aliphatic rings. The Kier molecular flexibility index (Phi) is 3.87. The van der Waals surface area contributed by atoms with Gasteiger partial charge >= 0.3 is 0 Å². The highest BCUT2D eigenvalue weighted by molar-refractivity contribution is 9.10. The van der Waals surface area contributed by atoms with Gasteiger partial charge in [0.25, 0.3) is 0 Å². The smallest absolute Gasteiger partial charge is 0.136 e. The van der Waals surface area contributed by atoms with E-state index in [0.29, 0.717) is 6.54 Å². The fourth-order valence-electron chi connectivity index (χ4n) is 1.79. The zero-order valence-electron chi connectivity index (χ0n) is 9.63. The van der Waals surface area contributed by atoms with Crippen molar-refractivity contribution in [2.45, 2.75) is 26.2 Å². The first-order chi connectivity index (χ1) is 7.70. The van der Waals surface area contributed by atoms with Gasteiger partial charge in [-0.3, -0.25) is 0 Å². The lowest BCUT2D eigenvalue weighted by Gasteiger charge is -2.13. The summed E-state index contributed by atoms with van der Waals surface area (Å²) in [6.07, 6.45) is 3.51. The van der Waals surface area contributed by atoms with Crippen molar-refractivity contribution in [3.05, 3.63) is 27.7 Å². The van der Waals surface area contributed by atoms with E-state index in [1.807, 2.05) is 0 Å². The van der Waals surface area contributed by atoms with Crippen molar-refractivity contribution in [3.63, 3.8) is 0 Å². The summed E-state index contributed by atoms with van der Waals surface area (Å²) < 4.78 is 6.95. The highest BCUT2D eigenvalue weighted by Gasteiger charge is 2.23. The Labute approximate surface area is 105 Å². The van der Waals surface area contributed by atoms with Crippen LogP contribution in [0.5, 0.6) is 5.75 Å². The Morgan fingerprint density at radius 3 is 2.81 bits per heavy atom. The van der Waals surface area contributed by atoms with Gasteiger partial charge < -0.3 is 10.5 Å². The molecule has 1 aromatic carbocycles. The fourth-order valence-corrected chi connectivity index (χ4v) is 2.52. The van der Waals surface area contributed by atoms with Crippen LogP contribution >= 0.6 is 15.9 Å². The van der Waals surface area contributed by atoms with Gasteiger partial charge in [-0.2, -0.15) is 0 Å². The number of hydrogen-bond donors (Lipinski definition) is 1. The second-order valence-corrected chi connectivity index (χ2v) is 5.38. The van der Waals surface area contributed by atoms with E-state index >= 15 is 0 Å². The molecular weight excluding hydrogens is 266 g/mol. The van der Waals surface area contributed by atoms with Crippen molar-refractivity contribution < 1.29 is 4.74 Å². The summed E-state index contributed by atoms with van der Waals surface area (Å²) in [7, 11) is 0. The molecule has 16 heavy (non-hydrogen) atoms. The highest BCUT2D eigenvalue weighted by Crippen LogP contribution is 2.34. The second kappa shape index (κ2) is 5.19. The van der Waals surface area contributed by atoms with Crippen molar-refractivity contribution in [1.29, 1.82) is 0 Å². The molecule has 0 bridgehead atoms. The van der Waals surface area contributed by atoms with Crippen LogP contribution in [0.3, 0.4) is 0 Å². The third-order valence-electron chi connectivity index (χ3n) is 2.84. The van der Waals surface area contributed by atoms with Gasteiger partial charge in [-0.25, -0.2) is 0 Å². The second-order valence-electron chi connectivity index (χ2n) is 4.53. The minimum atomic E-state index is 0.662. The molecule has 2 N–H and O–H groups in total. The van der Waals surface area contributed by atoms with Crippen LogP contribution in [-0.2, 0) is 6.42 Å².